The molecule has 2 aliphatic rings. The fraction of sp³-hybridized carbons (Fsp3) is 0.611. The van der Waals surface area contributed by atoms with E-state index in [1.807, 2.05) is 19.2 Å². The number of nitrogens with zero attached hydrogens (tertiary/aromatic N) is 2. The summed E-state index contributed by atoms with van der Waals surface area (Å²) in [6.07, 6.45) is 1.22. The number of hydrogen-bond donors (Lipinski definition) is 2. The molecule has 132 valence electrons. The van der Waals surface area contributed by atoms with Crippen LogP contribution in [0.15, 0.2) is 29.3 Å². The van der Waals surface area contributed by atoms with E-state index in [2.05, 4.69) is 39.6 Å². The van der Waals surface area contributed by atoms with Crippen LogP contribution in [0.3, 0.4) is 0 Å². The van der Waals surface area contributed by atoms with Crippen LogP contribution >= 0.6 is 11.6 Å². The Balaban J connectivity index is 1.67. The topological polar surface area (TPSA) is 48.9 Å². The van der Waals surface area contributed by atoms with E-state index < -0.39 is 0 Å². The molecule has 1 aromatic carbocycles. The number of morpholine rings is 1. The molecule has 1 saturated carbocycles. The maximum atomic E-state index is 6.21. The minimum Gasteiger partial charge on any atom is -0.379 e. The van der Waals surface area contributed by atoms with Crippen LogP contribution in [0.4, 0.5) is 0 Å². The van der Waals surface area contributed by atoms with Gasteiger partial charge in [0.2, 0.25) is 0 Å². The Kier molecular flexibility index (Phi) is 5.98. The zero-order valence-electron chi connectivity index (χ0n) is 14.5. The molecule has 0 amide bonds. The molecule has 1 aromatic rings. The summed E-state index contributed by atoms with van der Waals surface area (Å²) in [6, 6.07) is 8.95. The lowest BCUT2D eigenvalue weighted by Crippen LogP contribution is -2.46. The molecule has 1 aliphatic heterocycles. The van der Waals surface area contributed by atoms with E-state index in [-0.39, 0.29) is 6.04 Å². The Morgan fingerprint density at radius 2 is 2.17 bits per heavy atom. The molecule has 2 N–H and O–H groups in total. The third-order valence-electron chi connectivity index (χ3n) is 4.84. The van der Waals surface area contributed by atoms with Crippen molar-refractivity contribution in [1.29, 1.82) is 0 Å². The van der Waals surface area contributed by atoms with E-state index >= 15 is 0 Å². The minimum absolute atomic E-state index is 0.253. The van der Waals surface area contributed by atoms with Gasteiger partial charge in [-0.2, -0.15) is 0 Å². The number of rotatable bonds is 5. The minimum atomic E-state index is 0.253. The molecule has 24 heavy (non-hydrogen) atoms. The first-order valence-electron chi connectivity index (χ1n) is 8.72. The number of ether oxygens (including phenoxy) is 1. The molecule has 1 aliphatic carbocycles. The molecule has 0 spiro atoms. The van der Waals surface area contributed by atoms with Gasteiger partial charge in [0.1, 0.15) is 0 Å². The van der Waals surface area contributed by atoms with Gasteiger partial charge in [0.15, 0.2) is 5.96 Å². The molecule has 0 aromatic heterocycles. The van der Waals surface area contributed by atoms with Crippen molar-refractivity contribution < 1.29 is 4.74 Å². The lowest BCUT2D eigenvalue weighted by Gasteiger charge is -2.35. The first-order valence-corrected chi connectivity index (χ1v) is 9.09. The smallest absolute Gasteiger partial charge is 0.191 e. The van der Waals surface area contributed by atoms with Crippen LogP contribution in [0.5, 0.6) is 0 Å². The molecule has 3 rings (SSSR count). The van der Waals surface area contributed by atoms with Crippen molar-refractivity contribution in [3.05, 3.63) is 34.9 Å². The monoisotopic (exact) mass is 350 g/mol. The third-order valence-corrected chi connectivity index (χ3v) is 5.07. The Morgan fingerprint density at radius 3 is 2.79 bits per heavy atom. The molecule has 1 heterocycles. The number of nitrogens with one attached hydrogen (secondary N) is 2. The molecular formula is C18H27ClN4O. The number of guanidine groups is 1. The highest BCUT2D eigenvalue weighted by Gasteiger charge is 2.33. The predicted molar refractivity (Wildman–Crippen MR) is 98.7 cm³/mol. The van der Waals surface area contributed by atoms with Crippen LogP contribution in [0, 0.1) is 5.92 Å². The Bertz CT molecular complexity index is 574. The van der Waals surface area contributed by atoms with Gasteiger partial charge in [0.05, 0.1) is 19.3 Å². The SMILES string of the molecule is CN=C(NCC(c1cccc(Cl)c1)N1CCOCC1)NC1CC1C. The Labute approximate surface area is 149 Å². The standard InChI is InChI=1S/C18H27ClN4O/c1-13-10-16(13)22-18(20-2)21-12-17(23-6-8-24-9-7-23)14-4-3-5-15(19)11-14/h3-5,11,13,16-17H,6-10,12H2,1-2H3,(H2,20,21,22). The van der Waals surface area contributed by atoms with E-state index in [0.717, 1.165) is 49.7 Å². The average molecular weight is 351 g/mol. The van der Waals surface area contributed by atoms with Gasteiger partial charge in [-0.15, -0.1) is 0 Å². The average Bonchev–Trinajstić information content (AvgIpc) is 3.30. The summed E-state index contributed by atoms with van der Waals surface area (Å²) in [7, 11) is 1.82. The van der Waals surface area contributed by atoms with E-state index in [0.29, 0.717) is 6.04 Å². The van der Waals surface area contributed by atoms with Crippen LogP contribution in [0.2, 0.25) is 5.02 Å². The van der Waals surface area contributed by atoms with Crippen LogP contribution in [-0.4, -0.2) is 56.8 Å². The molecule has 3 unspecified atom stereocenters. The second kappa shape index (κ2) is 8.19. The maximum Gasteiger partial charge on any atom is 0.191 e. The Morgan fingerprint density at radius 1 is 1.42 bits per heavy atom. The van der Waals surface area contributed by atoms with Crippen molar-refractivity contribution in [3.8, 4) is 0 Å². The van der Waals surface area contributed by atoms with Gasteiger partial charge in [0.25, 0.3) is 0 Å². The van der Waals surface area contributed by atoms with E-state index in [4.69, 9.17) is 16.3 Å². The zero-order valence-corrected chi connectivity index (χ0v) is 15.2. The molecule has 6 heteroatoms. The van der Waals surface area contributed by atoms with Crippen LogP contribution < -0.4 is 10.6 Å². The van der Waals surface area contributed by atoms with Crippen molar-refractivity contribution in [3.63, 3.8) is 0 Å². The lowest BCUT2D eigenvalue weighted by molar-refractivity contribution is 0.0170. The molecule has 5 nitrogen and oxygen atoms in total. The second-order valence-electron chi connectivity index (χ2n) is 6.64. The second-order valence-corrected chi connectivity index (χ2v) is 7.07. The van der Waals surface area contributed by atoms with Crippen LogP contribution in [0.1, 0.15) is 24.9 Å². The van der Waals surface area contributed by atoms with Gasteiger partial charge in [0, 0.05) is 37.7 Å². The fourth-order valence-electron chi connectivity index (χ4n) is 3.15. The van der Waals surface area contributed by atoms with Crippen molar-refractivity contribution in [1.82, 2.24) is 15.5 Å². The largest absolute Gasteiger partial charge is 0.379 e. The van der Waals surface area contributed by atoms with Crippen molar-refractivity contribution >= 4 is 17.6 Å². The lowest BCUT2D eigenvalue weighted by atomic mass is 10.0. The Hall–Kier alpha value is -1.30. The van der Waals surface area contributed by atoms with Crippen LogP contribution in [0.25, 0.3) is 0 Å². The van der Waals surface area contributed by atoms with Crippen LogP contribution in [-0.2, 0) is 4.74 Å². The quantitative estimate of drug-likeness (QED) is 0.632. The van der Waals surface area contributed by atoms with Gasteiger partial charge in [-0.3, -0.25) is 9.89 Å². The van der Waals surface area contributed by atoms with Gasteiger partial charge < -0.3 is 15.4 Å². The molecule has 0 radical (unpaired) electrons. The van der Waals surface area contributed by atoms with Crippen molar-refractivity contribution in [2.45, 2.75) is 25.4 Å². The highest BCUT2D eigenvalue weighted by Crippen LogP contribution is 2.29. The number of hydrogen-bond acceptors (Lipinski definition) is 3. The van der Waals surface area contributed by atoms with Gasteiger partial charge in [-0.05, 0) is 30.0 Å². The summed E-state index contributed by atoms with van der Waals surface area (Å²) in [5, 5.41) is 7.75. The summed E-state index contributed by atoms with van der Waals surface area (Å²) in [5.74, 6) is 1.62. The van der Waals surface area contributed by atoms with Gasteiger partial charge in [-0.1, -0.05) is 30.7 Å². The third kappa shape index (κ3) is 4.62. The first-order chi connectivity index (χ1) is 11.7. The summed E-state index contributed by atoms with van der Waals surface area (Å²) in [5.41, 5.74) is 1.23. The predicted octanol–water partition coefficient (Wildman–Crippen LogP) is 2.29. The number of benzene rings is 1. The zero-order chi connectivity index (χ0) is 16.9. The summed E-state index contributed by atoms with van der Waals surface area (Å²) in [4.78, 5) is 6.81. The van der Waals surface area contributed by atoms with E-state index in [9.17, 15) is 0 Å². The summed E-state index contributed by atoms with van der Waals surface area (Å²) >= 11 is 6.21. The summed E-state index contributed by atoms with van der Waals surface area (Å²) < 4.78 is 5.50. The molecular weight excluding hydrogens is 324 g/mol. The van der Waals surface area contributed by atoms with E-state index in [1.54, 1.807) is 0 Å². The van der Waals surface area contributed by atoms with Crippen molar-refractivity contribution in [2.24, 2.45) is 10.9 Å². The van der Waals surface area contributed by atoms with Gasteiger partial charge >= 0.3 is 0 Å². The molecule has 2 fully saturated rings. The van der Waals surface area contributed by atoms with Gasteiger partial charge in [-0.25, -0.2) is 0 Å². The first kappa shape index (κ1) is 17.5. The summed E-state index contributed by atoms with van der Waals surface area (Å²) in [6.45, 7) is 6.48. The normalized spacial score (nSPS) is 26.0. The maximum absolute atomic E-state index is 6.21. The molecule has 1 saturated heterocycles. The molecule has 0 bridgehead atoms. The highest BCUT2D eigenvalue weighted by molar-refractivity contribution is 6.30. The number of halogens is 1. The molecule has 3 atom stereocenters. The number of aliphatic imine (C=N–C) groups is 1. The van der Waals surface area contributed by atoms with E-state index in [1.165, 1.54) is 12.0 Å². The van der Waals surface area contributed by atoms with Crippen molar-refractivity contribution in [2.75, 3.05) is 39.9 Å². The highest BCUT2D eigenvalue weighted by atomic mass is 35.5. The fourth-order valence-corrected chi connectivity index (χ4v) is 3.35.